The van der Waals surface area contributed by atoms with Crippen LogP contribution in [0.3, 0.4) is 0 Å². The van der Waals surface area contributed by atoms with E-state index in [9.17, 15) is 18.3 Å². The maximum absolute atomic E-state index is 12.5. The molecule has 0 bridgehead atoms. The van der Waals surface area contributed by atoms with Crippen LogP contribution in [0.15, 0.2) is 0 Å². The molecule has 1 N–H and O–H groups in total. The molecule has 1 unspecified atom stereocenters. The first-order valence-corrected chi connectivity index (χ1v) is 8.48. The summed E-state index contributed by atoms with van der Waals surface area (Å²) in [5.74, 6) is 0. The monoisotopic (exact) mass is 305 g/mol. The molecule has 116 valence electrons. The molecule has 0 radical (unpaired) electrons. The van der Waals surface area contributed by atoms with Crippen LogP contribution in [0.2, 0.25) is 0 Å². The Labute approximate surface area is 120 Å². The second kappa shape index (κ2) is 4.87. The molecular weight excluding hydrogens is 282 g/mol. The predicted molar refractivity (Wildman–Crippen MR) is 74.2 cm³/mol. The van der Waals surface area contributed by atoms with Gasteiger partial charge in [0.1, 0.15) is 5.60 Å². The Morgan fingerprint density at radius 1 is 1.40 bits per heavy atom. The minimum atomic E-state index is -3.39. The van der Waals surface area contributed by atoms with Crippen molar-refractivity contribution in [2.24, 2.45) is 0 Å². The summed E-state index contributed by atoms with van der Waals surface area (Å²) >= 11 is 0. The lowest BCUT2D eigenvalue weighted by Gasteiger charge is -2.25. The third-order valence-corrected chi connectivity index (χ3v) is 6.94. The first kappa shape index (κ1) is 15.6. The summed E-state index contributed by atoms with van der Waals surface area (Å²) in [6.07, 6.45) is 0.997. The fourth-order valence-electron chi connectivity index (χ4n) is 2.50. The summed E-state index contributed by atoms with van der Waals surface area (Å²) in [5.41, 5.74) is -0.586. The minimum Gasteiger partial charge on any atom is -0.444 e. The van der Waals surface area contributed by atoms with E-state index in [-0.39, 0.29) is 13.2 Å². The van der Waals surface area contributed by atoms with Gasteiger partial charge in [0, 0.05) is 13.1 Å². The van der Waals surface area contributed by atoms with Gasteiger partial charge in [-0.15, -0.1) is 0 Å². The molecule has 2 fully saturated rings. The van der Waals surface area contributed by atoms with Crippen LogP contribution in [0.5, 0.6) is 0 Å². The van der Waals surface area contributed by atoms with Gasteiger partial charge in [-0.25, -0.2) is 13.2 Å². The summed E-state index contributed by atoms with van der Waals surface area (Å²) in [6, 6.07) is 0. The van der Waals surface area contributed by atoms with Crippen molar-refractivity contribution >= 4 is 15.9 Å². The van der Waals surface area contributed by atoms with E-state index >= 15 is 0 Å². The standard InChI is InChI=1S/C13H23NO5S/c1-12(2,3)19-11(16)14-7-4-10(8-14)20(17,18)13(9-15)5-6-13/h10,15H,4-9H2,1-3H3. The molecular formula is C13H23NO5S. The second-order valence-corrected chi connectivity index (χ2v) is 9.35. The molecule has 1 aliphatic carbocycles. The molecule has 20 heavy (non-hydrogen) atoms. The number of carbonyl (C=O) groups excluding carboxylic acids is 1. The minimum absolute atomic E-state index is 0.166. The van der Waals surface area contributed by atoms with Gasteiger partial charge in [-0.3, -0.25) is 0 Å². The van der Waals surface area contributed by atoms with Crippen molar-refractivity contribution in [2.45, 2.75) is 55.6 Å². The summed E-state index contributed by atoms with van der Waals surface area (Å²) in [5, 5.41) is 8.72. The lowest BCUT2D eigenvalue weighted by molar-refractivity contribution is 0.0295. The molecule has 0 spiro atoms. The van der Waals surface area contributed by atoms with Gasteiger partial charge in [-0.2, -0.15) is 0 Å². The molecule has 0 aromatic heterocycles. The van der Waals surface area contributed by atoms with Crippen LogP contribution < -0.4 is 0 Å². The van der Waals surface area contributed by atoms with Crippen LogP contribution in [0.4, 0.5) is 4.79 Å². The first-order chi connectivity index (χ1) is 9.11. The van der Waals surface area contributed by atoms with Gasteiger partial charge in [0.25, 0.3) is 0 Å². The molecule has 1 saturated carbocycles. The van der Waals surface area contributed by atoms with Crippen molar-refractivity contribution < 1.29 is 23.1 Å². The Bertz CT molecular complexity index is 489. The molecule has 1 saturated heterocycles. The molecule has 1 atom stereocenters. The van der Waals surface area contributed by atoms with Crippen molar-refractivity contribution in [3.05, 3.63) is 0 Å². The number of hydrogen-bond acceptors (Lipinski definition) is 5. The number of carbonyl (C=O) groups is 1. The van der Waals surface area contributed by atoms with Crippen LogP contribution in [-0.4, -0.2) is 59.8 Å². The van der Waals surface area contributed by atoms with E-state index in [1.165, 1.54) is 4.90 Å². The van der Waals surface area contributed by atoms with Gasteiger partial charge < -0.3 is 14.7 Å². The Balaban J connectivity index is 2.01. The van der Waals surface area contributed by atoms with Crippen LogP contribution in [0.25, 0.3) is 0 Å². The highest BCUT2D eigenvalue weighted by Crippen LogP contribution is 2.46. The number of amides is 1. The molecule has 7 heteroatoms. The summed E-state index contributed by atoms with van der Waals surface area (Å²) in [4.78, 5) is 13.4. The average Bonchev–Trinajstić information content (AvgIpc) is 2.96. The molecule has 2 aliphatic rings. The Kier molecular flexibility index (Phi) is 3.79. The fraction of sp³-hybridized carbons (Fsp3) is 0.923. The SMILES string of the molecule is CC(C)(C)OC(=O)N1CCC(S(=O)(=O)C2(CO)CC2)C1. The maximum Gasteiger partial charge on any atom is 0.410 e. The van der Waals surface area contributed by atoms with Gasteiger partial charge in [-0.1, -0.05) is 0 Å². The lowest BCUT2D eigenvalue weighted by Crippen LogP contribution is -2.40. The number of ether oxygens (including phenoxy) is 1. The molecule has 0 aromatic rings. The number of sulfone groups is 1. The highest BCUT2D eigenvalue weighted by atomic mass is 32.2. The van der Waals surface area contributed by atoms with Gasteiger partial charge in [0.2, 0.25) is 0 Å². The summed E-state index contributed by atoms with van der Waals surface area (Å²) in [6.45, 7) is 5.57. The predicted octanol–water partition coefficient (Wildman–Crippen LogP) is 0.935. The highest BCUT2D eigenvalue weighted by Gasteiger charge is 2.57. The Morgan fingerprint density at radius 3 is 2.45 bits per heavy atom. The van der Waals surface area contributed by atoms with Crippen molar-refractivity contribution in [1.82, 2.24) is 4.90 Å². The van der Waals surface area contributed by atoms with Crippen LogP contribution in [-0.2, 0) is 14.6 Å². The van der Waals surface area contributed by atoms with E-state index in [1.807, 2.05) is 0 Å². The fourth-order valence-corrected chi connectivity index (χ4v) is 4.85. The van der Waals surface area contributed by atoms with Crippen molar-refractivity contribution in [1.29, 1.82) is 0 Å². The quantitative estimate of drug-likeness (QED) is 0.839. The van der Waals surface area contributed by atoms with Gasteiger partial charge in [-0.05, 0) is 40.0 Å². The molecule has 0 aromatic carbocycles. The zero-order valence-corrected chi connectivity index (χ0v) is 13.1. The topological polar surface area (TPSA) is 83.9 Å². The number of likely N-dealkylation sites (tertiary alicyclic amines) is 1. The van der Waals surface area contributed by atoms with Gasteiger partial charge in [0.05, 0.1) is 16.6 Å². The number of rotatable bonds is 3. The number of aliphatic hydroxyl groups is 1. The number of hydrogen-bond donors (Lipinski definition) is 1. The van der Waals surface area contributed by atoms with Crippen LogP contribution in [0.1, 0.15) is 40.0 Å². The van der Waals surface area contributed by atoms with Crippen LogP contribution >= 0.6 is 0 Å². The van der Waals surface area contributed by atoms with E-state index in [0.29, 0.717) is 25.8 Å². The van der Waals surface area contributed by atoms with E-state index in [4.69, 9.17) is 4.74 Å². The van der Waals surface area contributed by atoms with Crippen molar-refractivity contribution in [3.63, 3.8) is 0 Å². The third-order valence-electron chi connectivity index (χ3n) is 3.93. The number of nitrogens with zero attached hydrogens (tertiary/aromatic N) is 1. The summed E-state index contributed by atoms with van der Waals surface area (Å²) in [7, 11) is -3.39. The first-order valence-electron chi connectivity index (χ1n) is 6.93. The highest BCUT2D eigenvalue weighted by molar-refractivity contribution is 7.93. The van der Waals surface area contributed by atoms with E-state index in [0.717, 1.165) is 0 Å². The third kappa shape index (κ3) is 2.79. The largest absolute Gasteiger partial charge is 0.444 e. The van der Waals surface area contributed by atoms with E-state index in [1.54, 1.807) is 20.8 Å². The zero-order valence-electron chi connectivity index (χ0n) is 12.3. The second-order valence-electron chi connectivity index (χ2n) is 6.72. The van der Waals surface area contributed by atoms with Crippen LogP contribution in [0, 0.1) is 0 Å². The summed E-state index contributed by atoms with van der Waals surface area (Å²) < 4.78 is 29.2. The Morgan fingerprint density at radius 2 is 2.00 bits per heavy atom. The van der Waals surface area contributed by atoms with Crippen molar-refractivity contribution in [2.75, 3.05) is 19.7 Å². The molecule has 1 aliphatic heterocycles. The Hall–Kier alpha value is -0.820. The normalized spacial score (nSPS) is 25.6. The van der Waals surface area contributed by atoms with Gasteiger partial charge >= 0.3 is 6.09 Å². The smallest absolute Gasteiger partial charge is 0.410 e. The molecule has 6 nitrogen and oxygen atoms in total. The molecule has 2 rings (SSSR count). The van der Waals surface area contributed by atoms with E-state index < -0.39 is 31.5 Å². The van der Waals surface area contributed by atoms with E-state index in [2.05, 4.69) is 0 Å². The maximum atomic E-state index is 12.5. The zero-order chi connectivity index (χ0) is 15.2. The number of aliphatic hydroxyl groups excluding tert-OH is 1. The molecule has 1 heterocycles. The van der Waals surface area contributed by atoms with Gasteiger partial charge in [0.15, 0.2) is 9.84 Å². The lowest BCUT2D eigenvalue weighted by atomic mass is 10.2. The molecule has 1 amide bonds. The van der Waals surface area contributed by atoms with Crippen molar-refractivity contribution in [3.8, 4) is 0 Å². The average molecular weight is 305 g/mol.